The van der Waals surface area contributed by atoms with E-state index in [1.807, 2.05) is 6.92 Å². The average Bonchev–Trinajstić information content (AvgIpc) is 2.52. The van der Waals surface area contributed by atoms with Gasteiger partial charge in [-0.2, -0.15) is 12.8 Å². The molecule has 0 amide bonds. The number of hydrogen-bond acceptors (Lipinski definition) is 4. The predicted molar refractivity (Wildman–Crippen MR) is 89.0 cm³/mol. The summed E-state index contributed by atoms with van der Waals surface area (Å²) in [6, 6.07) is 12.4. The molecule has 0 aliphatic carbocycles. The highest BCUT2D eigenvalue weighted by Gasteiger charge is 2.10. The summed E-state index contributed by atoms with van der Waals surface area (Å²) in [7, 11) is -3.74. The maximum absolute atomic E-state index is 12.0. The van der Waals surface area contributed by atoms with E-state index in [-0.39, 0.29) is 10.6 Å². The van der Waals surface area contributed by atoms with E-state index in [1.54, 1.807) is 30.3 Å². The van der Waals surface area contributed by atoms with Gasteiger partial charge in [0.25, 0.3) is 15.7 Å². The first-order valence-corrected chi connectivity index (χ1v) is 8.11. The first kappa shape index (κ1) is 16.6. The molecule has 0 fully saturated rings. The number of sulfonamides is 1. The van der Waals surface area contributed by atoms with Gasteiger partial charge >= 0.3 is 0 Å². The molecule has 6 nitrogen and oxygen atoms in total. The van der Waals surface area contributed by atoms with E-state index in [0.717, 1.165) is 11.8 Å². The van der Waals surface area contributed by atoms with Gasteiger partial charge in [0, 0.05) is 18.3 Å². The first-order chi connectivity index (χ1) is 10.9. The van der Waals surface area contributed by atoms with Gasteiger partial charge in [0.05, 0.1) is 9.82 Å². The van der Waals surface area contributed by atoms with Crippen molar-refractivity contribution in [3.05, 3.63) is 75.8 Å². The van der Waals surface area contributed by atoms with Crippen LogP contribution in [0.3, 0.4) is 0 Å². The van der Waals surface area contributed by atoms with Crippen LogP contribution in [0.2, 0.25) is 0 Å². The van der Waals surface area contributed by atoms with E-state index in [4.69, 9.17) is 0 Å². The normalized spacial score (nSPS) is 12.0. The molecule has 0 aliphatic heterocycles. The molecule has 0 saturated carbocycles. The summed E-state index contributed by atoms with van der Waals surface area (Å²) < 4.78 is 27.5. The van der Waals surface area contributed by atoms with Gasteiger partial charge in [0.15, 0.2) is 0 Å². The van der Waals surface area contributed by atoms with Crippen LogP contribution in [0.25, 0.3) is 6.08 Å². The number of nitrogens with zero attached hydrogens (tertiary/aromatic N) is 2. The van der Waals surface area contributed by atoms with E-state index in [1.165, 1.54) is 30.3 Å². The quantitative estimate of drug-likeness (QED) is 0.477. The summed E-state index contributed by atoms with van der Waals surface area (Å²) >= 11 is 0. The van der Waals surface area contributed by atoms with Crippen molar-refractivity contribution >= 4 is 28.0 Å². The fourth-order valence-corrected chi connectivity index (χ4v) is 2.61. The SMILES string of the molecule is Cc1ccc(S(=O)(=O)/N=C/C=C/c2cccc([N+](=O)[O-])c2)cc1. The molecule has 0 saturated heterocycles. The number of nitro benzene ring substituents is 1. The second kappa shape index (κ2) is 6.97. The molecule has 0 atom stereocenters. The molecule has 0 unspecified atom stereocenters. The number of rotatable bonds is 5. The van der Waals surface area contributed by atoms with E-state index in [2.05, 4.69) is 4.40 Å². The summed E-state index contributed by atoms with van der Waals surface area (Å²) in [4.78, 5) is 10.3. The summed E-state index contributed by atoms with van der Waals surface area (Å²) in [5, 5.41) is 10.7. The molecule has 7 heteroatoms. The van der Waals surface area contributed by atoms with Gasteiger partial charge in [-0.15, -0.1) is 0 Å². The topological polar surface area (TPSA) is 89.6 Å². The Hall–Kier alpha value is -2.80. The largest absolute Gasteiger partial charge is 0.282 e. The molecule has 0 heterocycles. The van der Waals surface area contributed by atoms with Crippen molar-refractivity contribution in [2.75, 3.05) is 0 Å². The summed E-state index contributed by atoms with van der Waals surface area (Å²) in [5.74, 6) is 0. The van der Waals surface area contributed by atoms with E-state index < -0.39 is 14.9 Å². The van der Waals surface area contributed by atoms with Gasteiger partial charge in [0.1, 0.15) is 0 Å². The highest BCUT2D eigenvalue weighted by molar-refractivity contribution is 7.90. The lowest BCUT2D eigenvalue weighted by Gasteiger charge is -1.98. The van der Waals surface area contributed by atoms with Gasteiger partial charge in [-0.1, -0.05) is 35.9 Å². The highest BCUT2D eigenvalue weighted by Crippen LogP contribution is 2.14. The van der Waals surface area contributed by atoms with Crippen molar-refractivity contribution in [1.29, 1.82) is 0 Å². The monoisotopic (exact) mass is 330 g/mol. The van der Waals surface area contributed by atoms with Crippen LogP contribution < -0.4 is 0 Å². The minimum Gasteiger partial charge on any atom is -0.258 e. The van der Waals surface area contributed by atoms with Crippen molar-refractivity contribution in [3.8, 4) is 0 Å². The average molecular weight is 330 g/mol. The number of nitro groups is 1. The predicted octanol–water partition coefficient (Wildman–Crippen LogP) is 3.38. The van der Waals surface area contributed by atoms with Gasteiger partial charge < -0.3 is 0 Å². The summed E-state index contributed by atoms with van der Waals surface area (Å²) in [6.45, 7) is 1.86. The zero-order valence-corrected chi connectivity index (χ0v) is 13.1. The van der Waals surface area contributed by atoms with E-state index in [0.29, 0.717) is 5.56 Å². The van der Waals surface area contributed by atoms with Gasteiger partial charge in [0.2, 0.25) is 0 Å². The first-order valence-electron chi connectivity index (χ1n) is 6.67. The molecule has 0 aromatic heterocycles. The Labute approximate surface area is 134 Å². The molecule has 0 bridgehead atoms. The molecule has 23 heavy (non-hydrogen) atoms. The fourth-order valence-electron chi connectivity index (χ4n) is 1.78. The lowest BCUT2D eigenvalue weighted by atomic mass is 10.2. The van der Waals surface area contributed by atoms with Crippen molar-refractivity contribution in [2.45, 2.75) is 11.8 Å². The van der Waals surface area contributed by atoms with Crippen molar-refractivity contribution in [2.24, 2.45) is 4.40 Å². The maximum atomic E-state index is 12.0. The smallest absolute Gasteiger partial charge is 0.258 e. The number of allylic oxidation sites excluding steroid dienone is 1. The Balaban J connectivity index is 2.13. The Morgan fingerprint density at radius 3 is 2.48 bits per heavy atom. The van der Waals surface area contributed by atoms with Crippen LogP contribution in [0.15, 0.2) is 63.9 Å². The maximum Gasteiger partial charge on any atom is 0.282 e. The molecule has 2 aromatic carbocycles. The van der Waals surface area contributed by atoms with Crippen molar-refractivity contribution < 1.29 is 13.3 Å². The van der Waals surface area contributed by atoms with Crippen LogP contribution in [0.4, 0.5) is 5.69 Å². The summed E-state index contributed by atoms with van der Waals surface area (Å²) in [6.07, 6.45) is 4.11. The van der Waals surface area contributed by atoms with Crippen LogP contribution in [-0.2, 0) is 10.0 Å². The molecular weight excluding hydrogens is 316 g/mol. The number of non-ortho nitro benzene ring substituents is 1. The Morgan fingerprint density at radius 1 is 1.13 bits per heavy atom. The van der Waals surface area contributed by atoms with Crippen molar-refractivity contribution in [3.63, 3.8) is 0 Å². The Bertz CT molecular complexity index is 869. The number of benzene rings is 2. The van der Waals surface area contributed by atoms with Crippen molar-refractivity contribution in [1.82, 2.24) is 0 Å². The standard InChI is InChI=1S/C16H14N2O4S/c1-13-7-9-16(10-8-13)23(21,22)17-11-3-5-14-4-2-6-15(12-14)18(19)20/h2-12H,1H3/b5-3+,17-11+. The zero-order valence-electron chi connectivity index (χ0n) is 12.3. The molecular formula is C16H14N2O4S. The molecule has 0 spiro atoms. The second-order valence-electron chi connectivity index (χ2n) is 4.75. The number of hydrogen-bond donors (Lipinski definition) is 0. The van der Waals surface area contributed by atoms with Crippen LogP contribution in [0, 0.1) is 17.0 Å². The van der Waals surface area contributed by atoms with Gasteiger partial charge in [-0.05, 0) is 30.7 Å². The minimum atomic E-state index is -3.74. The molecule has 0 N–H and O–H groups in total. The highest BCUT2D eigenvalue weighted by atomic mass is 32.2. The minimum absolute atomic E-state index is 0.0311. The summed E-state index contributed by atoms with van der Waals surface area (Å²) in [5.41, 5.74) is 1.51. The molecule has 118 valence electrons. The number of aryl methyl sites for hydroxylation is 1. The lowest BCUT2D eigenvalue weighted by molar-refractivity contribution is -0.384. The third kappa shape index (κ3) is 4.58. The van der Waals surface area contributed by atoms with E-state index in [9.17, 15) is 18.5 Å². The van der Waals surface area contributed by atoms with Gasteiger partial charge in [-0.3, -0.25) is 10.1 Å². The molecule has 2 rings (SSSR count). The van der Waals surface area contributed by atoms with Gasteiger partial charge in [-0.25, -0.2) is 0 Å². The molecule has 0 aliphatic rings. The third-order valence-electron chi connectivity index (χ3n) is 2.97. The lowest BCUT2D eigenvalue weighted by Crippen LogP contribution is -1.96. The Kier molecular flexibility index (Phi) is 5.02. The van der Waals surface area contributed by atoms with Crippen LogP contribution in [0.1, 0.15) is 11.1 Å². The molecule has 0 radical (unpaired) electrons. The zero-order chi connectivity index (χ0) is 16.9. The van der Waals surface area contributed by atoms with Crippen LogP contribution in [0.5, 0.6) is 0 Å². The second-order valence-corrected chi connectivity index (χ2v) is 6.39. The van der Waals surface area contributed by atoms with E-state index >= 15 is 0 Å². The molecule has 2 aromatic rings. The fraction of sp³-hybridized carbons (Fsp3) is 0.0625. The Morgan fingerprint density at radius 2 is 1.83 bits per heavy atom. The van der Waals surface area contributed by atoms with Crippen LogP contribution >= 0.6 is 0 Å². The third-order valence-corrected chi connectivity index (χ3v) is 4.24. The van der Waals surface area contributed by atoms with Crippen LogP contribution in [-0.4, -0.2) is 19.6 Å².